The minimum absolute atomic E-state index is 0.0331. The van der Waals surface area contributed by atoms with E-state index in [0.717, 1.165) is 17.2 Å². The van der Waals surface area contributed by atoms with Crippen molar-refractivity contribution in [1.29, 1.82) is 0 Å². The van der Waals surface area contributed by atoms with Crippen molar-refractivity contribution in [2.24, 2.45) is 4.99 Å². The van der Waals surface area contributed by atoms with Crippen LogP contribution >= 0.6 is 11.6 Å². The predicted octanol–water partition coefficient (Wildman–Crippen LogP) is 2.46. The van der Waals surface area contributed by atoms with Gasteiger partial charge in [-0.2, -0.15) is 5.10 Å². The minimum Gasteiger partial charge on any atom is -0.310 e. The van der Waals surface area contributed by atoms with E-state index in [4.69, 9.17) is 11.6 Å². The molecule has 0 atom stereocenters. The van der Waals surface area contributed by atoms with E-state index in [1.165, 1.54) is 6.92 Å². The molecule has 22 heavy (non-hydrogen) atoms. The molecule has 1 N–H and O–H groups in total. The molecular weight excluding hydrogens is 302 g/mol. The van der Waals surface area contributed by atoms with E-state index in [-0.39, 0.29) is 5.91 Å². The number of anilines is 1. The number of nitrogens with one attached hydrogen (secondary N) is 1. The molecule has 1 aliphatic heterocycles. The number of carbonyl (C=O) groups is 1. The highest BCUT2D eigenvalue weighted by molar-refractivity contribution is 6.30. The zero-order valence-electron chi connectivity index (χ0n) is 12.4. The number of guanidine groups is 1. The van der Waals surface area contributed by atoms with Crippen molar-refractivity contribution in [3.05, 3.63) is 41.0 Å². The van der Waals surface area contributed by atoms with Crippen LogP contribution < -0.4 is 5.32 Å². The molecule has 1 aromatic carbocycles. The number of rotatable bonds is 2. The molecule has 0 unspecified atom stereocenters. The van der Waals surface area contributed by atoms with Crippen LogP contribution in [0.4, 0.5) is 5.82 Å². The Balaban J connectivity index is 1.94. The standard InChI is InChI=1S/C15H16ClN5O/c1-10-8-14(18-15-17-6-7-20(15)11(2)22)21(19-10)13-5-3-4-12(16)9-13/h3-5,8-9H,6-7H2,1-2H3,(H,17,18). The van der Waals surface area contributed by atoms with Crippen LogP contribution in [0.5, 0.6) is 0 Å². The van der Waals surface area contributed by atoms with Crippen molar-refractivity contribution in [2.75, 3.05) is 18.4 Å². The van der Waals surface area contributed by atoms with Crippen LogP contribution in [-0.4, -0.2) is 39.6 Å². The third-order valence-electron chi connectivity index (χ3n) is 3.35. The molecule has 1 amide bonds. The van der Waals surface area contributed by atoms with Crippen molar-refractivity contribution >= 4 is 29.3 Å². The molecule has 0 saturated heterocycles. The van der Waals surface area contributed by atoms with Crippen LogP contribution in [0.25, 0.3) is 5.69 Å². The summed E-state index contributed by atoms with van der Waals surface area (Å²) in [6.07, 6.45) is 0. The number of hydrogen-bond acceptors (Lipinski definition) is 4. The molecule has 114 valence electrons. The number of nitrogens with zero attached hydrogens (tertiary/aromatic N) is 4. The second kappa shape index (κ2) is 5.81. The Morgan fingerprint density at radius 2 is 2.18 bits per heavy atom. The van der Waals surface area contributed by atoms with Crippen molar-refractivity contribution in [3.63, 3.8) is 0 Å². The van der Waals surface area contributed by atoms with Crippen molar-refractivity contribution in [3.8, 4) is 5.69 Å². The van der Waals surface area contributed by atoms with Crippen LogP contribution in [0.2, 0.25) is 5.02 Å². The molecule has 0 aliphatic carbocycles. The number of carbonyl (C=O) groups excluding carboxylic acids is 1. The van der Waals surface area contributed by atoms with Gasteiger partial charge in [-0.15, -0.1) is 0 Å². The van der Waals surface area contributed by atoms with Crippen molar-refractivity contribution in [1.82, 2.24) is 14.7 Å². The molecule has 2 aromatic rings. The summed E-state index contributed by atoms with van der Waals surface area (Å²) in [6, 6.07) is 9.33. The summed E-state index contributed by atoms with van der Waals surface area (Å²) in [5, 5.41) is 8.30. The molecule has 0 bridgehead atoms. The quantitative estimate of drug-likeness (QED) is 0.925. The lowest BCUT2D eigenvalue weighted by Crippen LogP contribution is -2.37. The second-order valence-electron chi connectivity index (χ2n) is 5.06. The summed E-state index contributed by atoms with van der Waals surface area (Å²) in [5.74, 6) is 1.26. The lowest BCUT2D eigenvalue weighted by molar-refractivity contribution is -0.124. The number of aliphatic imine (C=N–C) groups is 1. The number of aromatic nitrogens is 2. The summed E-state index contributed by atoms with van der Waals surface area (Å²) >= 11 is 6.05. The highest BCUT2D eigenvalue weighted by atomic mass is 35.5. The SMILES string of the molecule is CC(=O)N1CCN=C1Nc1cc(C)nn1-c1cccc(Cl)c1. The molecule has 2 heterocycles. The molecule has 0 fully saturated rings. The fourth-order valence-corrected chi connectivity index (χ4v) is 2.55. The van der Waals surface area contributed by atoms with Gasteiger partial charge in [0.05, 0.1) is 17.9 Å². The van der Waals surface area contributed by atoms with Crippen LogP contribution in [0, 0.1) is 6.92 Å². The van der Waals surface area contributed by atoms with E-state index in [9.17, 15) is 4.79 Å². The van der Waals surface area contributed by atoms with Gasteiger partial charge < -0.3 is 5.32 Å². The van der Waals surface area contributed by atoms with E-state index < -0.39 is 0 Å². The number of benzene rings is 1. The third-order valence-corrected chi connectivity index (χ3v) is 3.58. The van der Waals surface area contributed by atoms with Gasteiger partial charge in [0.15, 0.2) is 0 Å². The topological polar surface area (TPSA) is 62.5 Å². The van der Waals surface area contributed by atoms with Gasteiger partial charge in [-0.3, -0.25) is 14.7 Å². The average molecular weight is 318 g/mol. The number of halogens is 1. The summed E-state index contributed by atoms with van der Waals surface area (Å²) in [6.45, 7) is 4.64. The zero-order valence-corrected chi connectivity index (χ0v) is 13.1. The molecule has 1 aromatic heterocycles. The Kier molecular flexibility index (Phi) is 3.85. The highest BCUT2D eigenvalue weighted by Gasteiger charge is 2.22. The Morgan fingerprint density at radius 3 is 2.91 bits per heavy atom. The van der Waals surface area contributed by atoms with Gasteiger partial charge in [-0.25, -0.2) is 4.68 Å². The molecular formula is C15H16ClN5O. The van der Waals surface area contributed by atoms with E-state index in [1.807, 2.05) is 37.3 Å². The monoisotopic (exact) mass is 317 g/mol. The molecule has 0 spiro atoms. The van der Waals surface area contributed by atoms with Crippen LogP contribution in [-0.2, 0) is 4.79 Å². The first-order chi connectivity index (χ1) is 10.5. The van der Waals surface area contributed by atoms with E-state index in [0.29, 0.717) is 24.1 Å². The van der Waals surface area contributed by atoms with E-state index >= 15 is 0 Å². The van der Waals surface area contributed by atoms with E-state index in [1.54, 1.807) is 9.58 Å². The lowest BCUT2D eigenvalue weighted by atomic mass is 10.3. The number of amides is 1. The molecule has 0 radical (unpaired) electrons. The first-order valence-corrected chi connectivity index (χ1v) is 7.34. The molecule has 1 aliphatic rings. The molecule has 0 saturated carbocycles. The first-order valence-electron chi connectivity index (χ1n) is 6.97. The highest BCUT2D eigenvalue weighted by Crippen LogP contribution is 2.21. The van der Waals surface area contributed by atoms with Gasteiger partial charge in [-0.1, -0.05) is 17.7 Å². The minimum atomic E-state index is -0.0331. The number of aryl methyl sites for hydroxylation is 1. The Labute approximate surface area is 133 Å². The fourth-order valence-electron chi connectivity index (χ4n) is 2.37. The van der Waals surface area contributed by atoms with E-state index in [2.05, 4.69) is 15.4 Å². The van der Waals surface area contributed by atoms with Gasteiger partial charge in [0.2, 0.25) is 11.9 Å². The Hall–Kier alpha value is -2.34. The smallest absolute Gasteiger partial charge is 0.226 e. The van der Waals surface area contributed by atoms with Gasteiger partial charge in [0.1, 0.15) is 5.82 Å². The fraction of sp³-hybridized carbons (Fsp3) is 0.267. The predicted molar refractivity (Wildman–Crippen MR) is 86.6 cm³/mol. The second-order valence-corrected chi connectivity index (χ2v) is 5.50. The van der Waals surface area contributed by atoms with Gasteiger partial charge >= 0.3 is 0 Å². The maximum atomic E-state index is 11.6. The average Bonchev–Trinajstić information content (AvgIpc) is 3.06. The summed E-state index contributed by atoms with van der Waals surface area (Å²) in [4.78, 5) is 17.6. The number of hydrogen-bond donors (Lipinski definition) is 1. The molecule has 6 nitrogen and oxygen atoms in total. The Morgan fingerprint density at radius 1 is 1.36 bits per heavy atom. The van der Waals surface area contributed by atoms with Crippen molar-refractivity contribution in [2.45, 2.75) is 13.8 Å². The largest absolute Gasteiger partial charge is 0.310 e. The summed E-state index contributed by atoms with van der Waals surface area (Å²) < 4.78 is 1.75. The van der Waals surface area contributed by atoms with Crippen molar-refractivity contribution < 1.29 is 4.79 Å². The molecule has 7 heteroatoms. The molecule has 3 rings (SSSR count). The van der Waals surface area contributed by atoms with Crippen LogP contribution in [0.1, 0.15) is 12.6 Å². The van der Waals surface area contributed by atoms with Gasteiger partial charge in [0.25, 0.3) is 0 Å². The first kappa shape index (κ1) is 14.6. The summed E-state index contributed by atoms with van der Waals surface area (Å²) in [5.41, 5.74) is 1.70. The Bertz CT molecular complexity index is 752. The third kappa shape index (κ3) is 2.82. The summed E-state index contributed by atoms with van der Waals surface area (Å²) in [7, 11) is 0. The normalized spacial score (nSPS) is 14.1. The van der Waals surface area contributed by atoms with Crippen LogP contribution in [0.15, 0.2) is 35.3 Å². The maximum Gasteiger partial charge on any atom is 0.226 e. The maximum absolute atomic E-state index is 11.6. The lowest BCUT2D eigenvalue weighted by Gasteiger charge is -2.17. The van der Waals surface area contributed by atoms with Gasteiger partial charge in [-0.05, 0) is 25.1 Å². The zero-order chi connectivity index (χ0) is 15.7. The van der Waals surface area contributed by atoms with Crippen LogP contribution in [0.3, 0.4) is 0 Å². The van der Waals surface area contributed by atoms with Gasteiger partial charge in [0, 0.05) is 24.6 Å².